The minimum Gasteiger partial charge on any atom is -0.339 e. The van der Waals surface area contributed by atoms with E-state index in [1.807, 2.05) is 0 Å². The molecule has 1 saturated carbocycles. The van der Waals surface area contributed by atoms with Gasteiger partial charge in [0.1, 0.15) is 0 Å². The summed E-state index contributed by atoms with van der Waals surface area (Å²) in [6, 6.07) is 6.56. The first kappa shape index (κ1) is 21.3. The van der Waals surface area contributed by atoms with Gasteiger partial charge < -0.3 is 9.42 Å². The summed E-state index contributed by atoms with van der Waals surface area (Å²) in [6.07, 6.45) is -0.386. The smallest absolute Gasteiger partial charge is 0.339 e. The molecule has 0 N–H and O–H groups in total. The lowest BCUT2D eigenvalue weighted by atomic mass is 9.86. The largest absolute Gasteiger partial charge is 0.416 e. The number of amides is 1. The minimum absolute atomic E-state index is 0.122. The van der Waals surface area contributed by atoms with Crippen molar-refractivity contribution in [2.24, 2.45) is 5.92 Å². The SMILES string of the molecule is Cc1noc2nc(-c3cccc(C(F)(F)F)c3)cc(C(=O)N(C)C3CCCC(C)C3)c12. The maximum atomic E-state index is 13.5. The third-order valence-electron chi connectivity index (χ3n) is 6.11. The second-order valence-corrected chi connectivity index (χ2v) is 8.42. The topological polar surface area (TPSA) is 59.2 Å². The van der Waals surface area contributed by atoms with Crippen molar-refractivity contribution in [1.82, 2.24) is 15.0 Å². The number of hydrogen-bond donors (Lipinski definition) is 0. The van der Waals surface area contributed by atoms with Crippen molar-refractivity contribution in [1.29, 1.82) is 0 Å². The lowest BCUT2D eigenvalue weighted by Gasteiger charge is -2.34. The van der Waals surface area contributed by atoms with Gasteiger partial charge >= 0.3 is 6.18 Å². The summed E-state index contributed by atoms with van der Waals surface area (Å²) < 4.78 is 44.8. The summed E-state index contributed by atoms with van der Waals surface area (Å²) in [6.45, 7) is 3.90. The molecule has 8 heteroatoms. The van der Waals surface area contributed by atoms with E-state index >= 15 is 0 Å². The number of aromatic nitrogens is 2. The Morgan fingerprint density at radius 2 is 2.00 bits per heavy atom. The zero-order valence-electron chi connectivity index (χ0n) is 17.7. The van der Waals surface area contributed by atoms with Crippen LogP contribution >= 0.6 is 0 Å². The molecule has 0 aliphatic heterocycles. The summed E-state index contributed by atoms with van der Waals surface area (Å²) in [4.78, 5) is 19.6. The molecule has 2 heterocycles. The van der Waals surface area contributed by atoms with Crippen LogP contribution in [0, 0.1) is 12.8 Å². The molecule has 1 aromatic carbocycles. The molecule has 2 aromatic heterocycles. The van der Waals surface area contributed by atoms with Gasteiger partial charge in [-0.3, -0.25) is 4.79 Å². The lowest BCUT2D eigenvalue weighted by molar-refractivity contribution is -0.137. The van der Waals surface area contributed by atoms with Crippen molar-refractivity contribution >= 4 is 17.0 Å². The quantitative estimate of drug-likeness (QED) is 0.521. The molecule has 0 bridgehead atoms. The average Bonchev–Trinajstić information content (AvgIpc) is 3.12. The molecule has 5 nitrogen and oxygen atoms in total. The first-order chi connectivity index (χ1) is 14.6. The Balaban J connectivity index is 1.78. The molecular weight excluding hydrogens is 407 g/mol. The van der Waals surface area contributed by atoms with E-state index in [1.165, 1.54) is 12.1 Å². The van der Waals surface area contributed by atoms with Crippen molar-refractivity contribution in [3.8, 4) is 11.3 Å². The van der Waals surface area contributed by atoms with E-state index < -0.39 is 11.7 Å². The molecule has 1 fully saturated rings. The summed E-state index contributed by atoms with van der Waals surface area (Å²) in [5, 5.41) is 4.42. The monoisotopic (exact) mass is 431 g/mol. The van der Waals surface area contributed by atoms with E-state index in [0.717, 1.165) is 37.8 Å². The van der Waals surface area contributed by atoms with Gasteiger partial charge in [0.15, 0.2) is 0 Å². The van der Waals surface area contributed by atoms with Crippen LogP contribution in [0.2, 0.25) is 0 Å². The second kappa shape index (κ2) is 7.98. The summed E-state index contributed by atoms with van der Waals surface area (Å²) in [5.74, 6) is 0.343. The van der Waals surface area contributed by atoms with Crippen molar-refractivity contribution in [2.45, 2.75) is 51.7 Å². The number of halogens is 3. The van der Waals surface area contributed by atoms with Crippen molar-refractivity contribution in [3.05, 3.63) is 47.2 Å². The molecule has 1 aliphatic rings. The molecule has 164 valence electrons. The normalized spacial score (nSPS) is 19.5. The zero-order chi connectivity index (χ0) is 22.3. The highest BCUT2D eigenvalue weighted by atomic mass is 19.4. The summed E-state index contributed by atoms with van der Waals surface area (Å²) in [7, 11) is 1.78. The van der Waals surface area contributed by atoms with E-state index in [-0.39, 0.29) is 28.9 Å². The Morgan fingerprint density at radius 3 is 2.71 bits per heavy atom. The second-order valence-electron chi connectivity index (χ2n) is 8.42. The fourth-order valence-electron chi connectivity index (χ4n) is 4.38. The number of alkyl halides is 3. The van der Waals surface area contributed by atoms with Crippen molar-refractivity contribution in [3.63, 3.8) is 0 Å². The molecule has 1 aliphatic carbocycles. The van der Waals surface area contributed by atoms with Gasteiger partial charge in [-0.1, -0.05) is 37.1 Å². The van der Waals surface area contributed by atoms with E-state index in [4.69, 9.17) is 4.52 Å². The maximum absolute atomic E-state index is 13.5. The van der Waals surface area contributed by atoms with Crippen LogP contribution < -0.4 is 0 Å². The van der Waals surface area contributed by atoms with Crippen molar-refractivity contribution in [2.75, 3.05) is 7.05 Å². The van der Waals surface area contributed by atoms with Gasteiger partial charge in [0.25, 0.3) is 11.6 Å². The fourth-order valence-corrected chi connectivity index (χ4v) is 4.38. The molecule has 0 spiro atoms. The standard InChI is InChI=1S/C23H24F3N3O2/c1-13-6-4-9-17(10-13)29(3)22(30)18-12-19(27-21-20(18)14(2)28-31-21)15-7-5-8-16(11-15)23(24,25)26/h5,7-8,11-13,17H,4,6,9-10H2,1-3H3. The van der Waals surface area contributed by atoms with Gasteiger partial charge in [-0.2, -0.15) is 13.2 Å². The molecule has 4 rings (SSSR count). The minimum atomic E-state index is -4.47. The number of carbonyl (C=O) groups excluding carboxylic acids is 1. The number of benzene rings is 1. The zero-order valence-corrected chi connectivity index (χ0v) is 17.7. The number of rotatable bonds is 3. The van der Waals surface area contributed by atoms with Gasteiger partial charge in [0, 0.05) is 18.7 Å². The van der Waals surface area contributed by atoms with Gasteiger partial charge in [-0.05, 0) is 43.9 Å². The molecule has 0 saturated heterocycles. The third-order valence-corrected chi connectivity index (χ3v) is 6.11. The van der Waals surface area contributed by atoms with Gasteiger partial charge in [0.05, 0.1) is 27.9 Å². The number of pyridine rings is 1. The van der Waals surface area contributed by atoms with E-state index in [0.29, 0.717) is 22.6 Å². The molecule has 2 atom stereocenters. The van der Waals surface area contributed by atoms with Crippen LogP contribution in [-0.2, 0) is 6.18 Å². The third kappa shape index (κ3) is 4.16. The Labute approximate surface area is 178 Å². The highest BCUT2D eigenvalue weighted by molar-refractivity contribution is 6.07. The van der Waals surface area contributed by atoms with E-state index in [9.17, 15) is 18.0 Å². The van der Waals surface area contributed by atoms with Crippen LogP contribution in [0.4, 0.5) is 13.2 Å². The molecule has 31 heavy (non-hydrogen) atoms. The number of hydrogen-bond acceptors (Lipinski definition) is 4. The van der Waals surface area contributed by atoms with Crippen molar-refractivity contribution < 1.29 is 22.5 Å². The predicted molar refractivity (Wildman–Crippen MR) is 110 cm³/mol. The summed E-state index contributed by atoms with van der Waals surface area (Å²) >= 11 is 0. The molecule has 3 aromatic rings. The van der Waals surface area contributed by atoms with E-state index in [1.54, 1.807) is 24.9 Å². The highest BCUT2D eigenvalue weighted by Gasteiger charge is 2.31. The number of fused-ring (bicyclic) bond motifs is 1. The fraction of sp³-hybridized carbons (Fsp3) is 0.435. The Morgan fingerprint density at radius 1 is 1.23 bits per heavy atom. The van der Waals surface area contributed by atoms with Crippen LogP contribution in [0.15, 0.2) is 34.9 Å². The molecule has 1 amide bonds. The van der Waals surface area contributed by atoms with Crippen LogP contribution in [0.5, 0.6) is 0 Å². The average molecular weight is 431 g/mol. The first-order valence-corrected chi connectivity index (χ1v) is 10.4. The first-order valence-electron chi connectivity index (χ1n) is 10.4. The Bertz CT molecular complexity index is 1120. The number of aryl methyl sites for hydroxylation is 1. The van der Waals surface area contributed by atoms with Crippen LogP contribution in [0.25, 0.3) is 22.4 Å². The van der Waals surface area contributed by atoms with Crippen LogP contribution in [-0.4, -0.2) is 34.0 Å². The lowest BCUT2D eigenvalue weighted by Crippen LogP contribution is -2.40. The number of carbonyl (C=O) groups is 1. The Hall–Kier alpha value is -2.90. The Kier molecular flexibility index (Phi) is 5.49. The van der Waals surface area contributed by atoms with Gasteiger partial charge in [-0.15, -0.1) is 0 Å². The maximum Gasteiger partial charge on any atom is 0.416 e. The van der Waals surface area contributed by atoms with Crippen LogP contribution in [0.3, 0.4) is 0 Å². The molecule has 2 unspecified atom stereocenters. The molecule has 0 radical (unpaired) electrons. The van der Waals surface area contributed by atoms with Crippen LogP contribution in [0.1, 0.15) is 54.2 Å². The van der Waals surface area contributed by atoms with Gasteiger partial charge in [-0.25, -0.2) is 4.98 Å². The predicted octanol–water partition coefficient (Wildman–Crippen LogP) is 5.87. The summed E-state index contributed by atoms with van der Waals surface area (Å²) in [5.41, 5.74) is 0.726. The van der Waals surface area contributed by atoms with E-state index in [2.05, 4.69) is 17.1 Å². The van der Waals surface area contributed by atoms with Gasteiger partial charge in [0.2, 0.25) is 0 Å². The highest BCUT2D eigenvalue weighted by Crippen LogP contribution is 2.34. The number of nitrogens with zero attached hydrogens (tertiary/aromatic N) is 3. The molecular formula is C23H24F3N3O2.